The molecular weight excluding hydrogens is 338 g/mol. The Morgan fingerprint density at radius 3 is 2.72 bits per heavy atom. The molecule has 0 spiro atoms. The Balaban J connectivity index is 1.92. The maximum atomic E-state index is 13.0. The Labute approximate surface area is 148 Å². The lowest BCUT2D eigenvalue weighted by Crippen LogP contribution is -2.30. The molecule has 5 nitrogen and oxygen atoms in total. The second-order valence-corrected chi connectivity index (χ2v) is 8.02. The van der Waals surface area contributed by atoms with E-state index in [1.54, 1.807) is 26.1 Å². The second kappa shape index (κ2) is 6.98. The standard InChI is InChI=1S/C19H21NO4S/c1-3-24-19(21)15-8-6-9-16(13-15)25(22,23)20(2)18-12-11-14-7-4-5-10-17(14)18/h4-10,13,18H,3,11-12H2,1-2H3. The smallest absolute Gasteiger partial charge is 0.338 e. The molecule has 25 heavy (non-hydrogen) atoms. The van der Waals surface area contributed by atoms with Crippen LogP contribution in [0.3, 0.4) is 0 Å². The molecule has 0 aromatic heterocycles. The quantitative estimate of drug-likeness (QED) is 0.769. The first kappa shape index (κ1) is 17.6. The Morgan fingerprint density at radius 2 is 1.96 bits per heavy atom. The second-order valence-electron chi connectivity index (χ2n) is 6.02. The number of hydrogen-bond donors (Lipinski definition) is 0. The molecule has 1 aliphatic carbocycles. The number of nitrogens with zero attached hydrogens (tertiary/aromatic N) is 1. The van der Waals surface area contributed by atoms with Crippen LogP contribution in [0.5, 0.6) is 0 Å². The number of fused-ring (bicyclic) bond motifs is 1. The molecule has 0 amide bonds. The minimum absolute atomic E-state index is 0.102. The van der Waals surface area contributed by atoms with Gasteiger partial charge < -0.3 is 4.74 Å². The molecule has 0 aliphatic heterocycles. The molecule has 0 saturated carbocycles. The normalized spacial score (nSPS) is 16.7. The highest BCUT2D eigenvalue weighted by atomic mass is 32.2. The van der Waals surface area contributed by atoms with Gasteiger partial charge in [0, 0.05) is 7.05 Å². The summed E-state index contributed by atoms with van der Waals surface area (Å²) < 4.78 is 32.4. The zero-order chi connectivity index (χ0) is 18.0. The maximum absolute atomic E-state index is 13.0. The van der Waals surface area contributed by atoms with Crippen molar-refractivity contribution in [3.63, 3.8) is 0 Å². The van der Waals surface area contributed by atoms with E-state index in [1.807, 2.05) is 24.3 Å². The zero-order valence-corrected chi connectivity index (χ0v) is 15.1. The lowest BCUT2D eigenvalue weighted by Gasteiger charge is -2.25. The van der Waals surface area contributed by atoms with E-state index in [1.165, 1.54) is 22.0 Å². The van der Waals surface area contributed by atoms with Crippen LogP contribution in [0, 0.1) is 0 Å². The van der Waals surface area contributed by atoms with E-state index >= 15 is 0 Å². The van der Waals surface area contributed by atoms with Gasteiger partial charge in [-0.25, -0.2) is 13.2 Å². The van der Waals surface area contributed by atoms with Crippen molar-refractivity contribution in [3.8, 4) is 0 Å². The summed E-state index contributed by atoms with van der Waals surface area (Å²) in [6.45, 7) is 1.96. The van der Waals surface area contributed by atoms with Gasteiger partial charge in [0.25, 0.3) is 0 Å². The Morgan fingerprint density at radius 1 is 1.20 bits per heavy atom. The van der Waals surface area contributed by atoms with E-state index in [2.05, 4.69) is 0 Å². The number of sulfonamides is 1. The number of rotatable bonds is 5. The molecule has 0 saturated heterocycles. The predicted molar refractivity (Wildman–Crippen MR) is 94.9 cm³/mol. The third-order valence-electron chi connectivity index (χ3n) is 4.56. The molecule has 1 aliphatic rings. The maximum Gasteiger partial charge on any atom is 0.338 e. The molecule has 2 aromatic carbocycles. The van der Waals surface area contributed by atoms with Gasteiger partial charge in [-0.2, -0.15) is 4.31 Å². The van der Waals surface area contributed by atoms with Crippen molar-refractivity contribution in [3.05, 3.63) is 65.2 Å². The molecule has 0 fully saturated rings. The Hall–Kier alpha value is -2.18. The Kier molecular flexibility index (Phi) is 4.92. The Bertz CT molecular complexity index is 892. The predicted octanol–water partition coefficient (Wildman–Crippen LogP) is 3.17. The largest absolute Gasteiger partial charge is 0.462 e. The van der Waals surface area contributed by atoms with Crippen LogP contribution in [0.1, 0.15) is 40.9 Å². The zero-order valence-electron chi connectivity index (χ0n) is 14.3. The monoisotopic (exact) mass is 359 g/mol. The van der Waals surface area contributed by atoms with Crippen molar-refractivity contribution in [1.82, 2.24) is 4.31 Å². The number of hydrogen-bond acceptors (Lipinski definition) is 4. The van der Waals surface area contributed by atoms with Crippen molar-refractivity contribution in [2.45, 2.75) is 30.7 Å². The molecular formula is C19H21NO4S. The number of benzene rings is 2. The average molecular weight is 359 g/mol. The third kappa shape index (κ3) is 3.32. The van der Waals surface area contributed by atoms with Crippen LogP contribution >= 0.6 is 0 Å². The van der Waals surface area contributed by atoms with E-state index in [0.717, 1.165) is 18.4 Å². The van der Waals surface area contributed by atoms with Crippen LogP contribution < -0.4 is 0 Å². The van der Waals surface area contributed by atoms with Crippen LogP contribution in [0.15, 0.2) is 53.4 Å². The van der Waals surface area contributed by atoms with Crippen LogP contribution in [0.25, 0.3) is 0 Å². The molecule has 0 bridgehead atoms. The topological polar surface area (TPSA) is 63.7 Å². The molecule has 0 radical (unpaired) electrons. The van der Waals surface area contributed by atoms with E-state index < -0.39 is 16.0 Å². The first-order chi connectivity index (χ1) is 11.9. The summed E-state index contributed by atoms with van der Waals surface area (Å²) in [5, 5.41) is 0. The van der Waals surface area contributed by atoms with Gasteiger partial charge in [-0.15, -0.1) is 0 Å². The van der Waals surface area contributed by atoms with Crippen LogP contribution in [0.2, 0.25) is 0 Å². The van der Waals surface area contributed by atoms with Gasteiger partial charge >= 0.3 is 5.97 Å². The average Bonchev–Trinajstić information content (AvgIpc) is 3.05. The fourth-order valence-corrected chi connectivity index (χ4v) is 4.66. The number of esters is 1. The summed E-state index contributed by atoms with van der Waals surface area (Å²) in [5.74, 6) is -0.520. The summed E-state index contributed by atoms with van der Waals surface area (Å²) in [5.41, 5.74) is 2.48. The summed E-state index contributed by atoms with van der Waals surface area (Å²) in [4.78, 5) is 12.0. The summed E-state index contributed by atoms with van der Waals surface area (Å²) >= 11 is 0. The van der Waals surface area contributed by atoms with Gasteiger partial charge in [-0.05, 0) is 49.1 Å². The van der Waals surface area contributed by atoms with Gasteiger partial charge in [0.1, 0.15) is 0 Å². The van der Waals surface area contributed by atoms with Crippen LogP contribution in [-0.4, -0.2) is 32.3 Å². The van der Waals surface area contributed by atoms with Crippen molar-refractivity contribution in [2.24, 2.45) is 0 Å². The number of carbonyl (C=O) groups excluding carboxylic acids is 1. The highest BCUT2D eigenvalue weighted by molar-refractivity contribution is 7.89. The lowest BCUT2D eigenvalue weighted by molar-refractivity contribution is 0.0526. The van der Waals surface area contributed by atoms with Crippen molar-refractivity contribution in [1.29, 1.82) is 0 Å². The van der Waals surface area contributed by atoms with Gasteiger partial charge in [-0.3, -0.25) is 0 Å². The first-order valence-corrected chi connectivity index (χ1v) is 9.72. The van der Waals surface area contributed by atoms with Gasteiger partial charge in [-0.1, -0.05) is 30.3 Å². The molecule has 3 rings (SSSR count). The summed E-state index contributed by atoms with van der Waals surface area (Å²) in [7, 11) is -2.11. The lowest BCUT2D eigenvalue weighted by atomic mass is 10.1. The van der Waals surface area contributed by atoms with E-state index in [4.69, 9.17) is 4.74 Å². The summed E-state index contributed by atoms with van der Waals surface area (Å²) in [6, 6.07) is 13.7. The number of aryl methyl sites for hydroxylation is 1. The van der Waals surface area contributed by atoms with E-state index in [-0.39, 0.29) is 23.1 Å². The highest BCUT2D eigenvalue weighted by Crippen LogP contribution is 2.37. The van der Waals surface area contributed by atoms with Gasteiger partial charge in [0.2, 0.25) is 10.0 Å². The minimum atomic E-state index is -3.71. The highest BCUT2D eigenvalue weighted by Gasteiger charge is 2.33. The number of carbonyl (C=O) groups is 1. The molecule has 0 N–H and O–H groups in total. The van der Waals surface area contributed by atoms with Gasteiger partial charge in [0.05, 0.1) is 23.1 Å². The third-order valence-corrected chi connectivity index (χ3v) is 6.42. The van der Waals surface area contributed by atoms with Crippen LogP contribution in [0.4, 0.5) is 0 Å². The fraction of sp³-hybridized carbons (Fsp3) is 0.316. The molecule has 1 atom stereocenters. The minimum Gasteiger partial charge on any atom is -0.462 e. The van der Waals surface area contributed by atoms with Crippen molar-refractivity contribution < 1.29 is 17.9 Å². The van der Waals surface area contributed by atoms with Crippen molar-refractivity contribution >= 4 is 16.0 Å². The van der Waals surface area contributed by atoms with Gasteiger partial charge in [0.15, 0.2) is 0 Å². The molecule has 2 aromatic rings. The number of ether oxygens (including phenoxy) is 1. The van der Waals surface area contributed by atoms with Crippen molar-refractivity contribution in [2.75, 3.05) is 13.7 Å². The van der Waals surface area contributed by atoms with Crippen LogP contribution in [-0.2, 0) is 21.2 Å². The van der Waals surface area contributed by atoms with E-state index in [0.29, 0.717) is 0 Å². The SMILES string of the molecule is CCOC(=O)c1cccc(S(=O)(=O)N(C)C2CCc3ccccc32)c1. The first-order valence-electron chi connectivity index (χ1n) is 8.28. The molecule has 0 heterocycles. The molecule has 1 unspecified atom stereocenters. The van der Waals surface area contributed by atoms with E-state index in [9.17, 15) is 13.2 Å². The fourth-order valence-electron chi connectivity index (χ4n) is 3.24. The molecule has 132 valence electrons. The summed E-state index contributed by atoms with van der Waals surface area (Å²) in [6.07, 6.45) is 1.62. The molecule has 6 heteroatoms.